The van der Waals surface area contributed by atoms with Crippen molar-refractivity contribution in [1.29, 1.82) is 0 Å². The van der Waals surface area contributed by atoms with Gasteiger partial charge in [-0.25, -0.2) is 0 Å². The lowest BCUT2D eigenvalue weighted by Crippen LogP contribution is -2.11. The monoisotopic (exact) mass is 359 g/mol. The summed E-state index contributed by atoms with van der Waals surface area (Å²) in [5.74, 6) is 0.362. The van der Waals surface area contributed by atoms with Gasteiger partial charge in [0.25, 0.3) is 5.91 Å². The fraction of sp³-hybridized carbons (Fsp3) is 0.154. The average Bonchev–Trinajstić information content (AvgIpc) is 2.70. The van der Waals surface area contributed by atoms with Crippen LogP contribution >= 0.6 is 38.9 Å². The van der Waals surface area contributed by atoms with Crippen LogP contribution in [0.5, 0.6) is 5.75 Å². The maximum atomic E-state index is 12.2. The predicted octanol–water partition coefficient (Wildman–Crippen LogP) is 4.73. The first-order chi connectivity index (χ1) is 9.02. The van der Waals surface area contributed by atoms with E-state index in [1.165, 1.54) is 11.3 Å². The van der Waals surface area contributed by atoms with Crippen molar-refractivity contribution in [2.75, 3.05) is 12.4 Å². The van der Waals surface area contributed by atoms with E-state index >= 15 is 0 Å². The summed E-state index contributed by atoms with van der Waals surface area (Å²) >= 11 is 10.8. The minimum Gasteiger partial charge on any atom is -0.495 e. The van der Waals surface area contributed by atoms with E-state index in [-0.39, 0.29) is 5.91 Å². The zero-order valence-corrected chi connectivity index (χ0v) is 13.4. The summed E-state index contributed by atoms with van der Waals surface area (Å²) in [6, 6.07) is 5.41. The molecule has 100 valence electrons. The summed E-state index contributed by atoms with van der Waals surface area (Å²) in [5.41, 5.74) is 1.50. The van der Waals surface area contributed by atoms with E-state index in [1.807, 2.05) is 18.4 Å². The molecule has 0 aliphatic carbocycles. The lowest BCUT2D eigenvalue weighted by Gasteiger charge is -2.10. The van der Waals surface area contributed by atoms with Crippen LogP contribution in [-0.2, 0) is 0 Å². The number of aryl methyl sites for hydroxylation is 1. The molecule has 0 aliphatic heterocycles. The molecule has 1 N–H and O–H groups in total. The molecule has 0 spiro atoms. The molecule has 0 unspecified atom stereocenters. The number of rotatable bonds is 3. The molecule has 0 aliphatic rings. The molecule has 0 saturated heterocycles. The maximum absolute atomic E-state index is 12.2. The maximum Gasteiger partial charge on any atom is 0.267 e. The van der Waals surface area contributed by atoms with E-state index in [4.69, 9.17) is 16.3 Å². The van der Waals surface area contributed by atoms with Gasteiger partial charge in [0.05, 0.1) is 17.8 Å². The van der Waals surface area contributed by atoms with Crippen molar-refractivity contribution in [2.24, 2.45) is 0 Å². The molecular formula is C13H11BrClNO2S. The Hall–Kier alpha value is -1.04. The Morgan fingerprint density at radius 1 is 1.47 bits per heavy atom. The van der Waals surface area contributed by atoms with Gasteiger partial charge in [0.1, 0.15) is 10.6 Å². The highest BCUT2D eigenvalue weighted by Gasteiger charge is 2.16. The number of amides is 1. The first-order valence-electron chi connectivity index (χ1n) is 5.41. The molecule has 1 amide bonds. The van der Waals surface area contributed by atoms with Crippen molar-refractivity contribution in [3.63, 3.8) is 0 Å². The number of benzene rings is 1. The molecule has 1 heterocycles. The lowest BCUT2D eigenvalue weighted by atomic mass is 10.2. The van der Waals surface area contributed by atoms with Gasteiger partial charge in [-0.3, -0.25) is 4.79 Å². The third kappa shape index (κ3) is 3.11. The summed E-state index contributed by atoms with van der Waals surface area (Å²) < 4.78 is 6.07. The third-order valence-electron chi connectivity index (χ3n) is 2.52. The lowest BCUT2D eigenvalue weighted by molar-refractivity contribution is 0.103. The smallest absolute Gasteiger partial charge is 0.267 e. The Bertz CT molecular complexity index is 627. The van der Waals surface area contributed by atoms with E-state index in [0.29, 0.717) is 21.3 Å². The summed E-state index contributed by atoms with van der Waals surface area (Å²) in [5, 5.41) is 5.16. The first kappa shape index (κ1) is 14.4. The average molecular weight is 361 g/mol. The first-order valence-corrected chi connectivity index (χ1v) is 7.46. The number of halogens is 2. The second-order valence-corrected chi connectivity index (χ2v) is 6.03. The van der Waals surface area contributed by atoms with E-state index in [0.717, 1.165) is 10.0 Å². The van der Waals surface area contributed by atoms with Crippen molar-refractivity contribution < 1.29 is 9.53 Å². The van der Waals surface area contributed by atoms with Crippen molar-refractivity contribution >= 4 is 50.5 Å². The van der Waals surface area contributed by atoms with Crippen LogP contribution < -0.4 is 10.1 Å². The van der Waals surface area contributed by atoms with E-state index < -0.39 is 0 Å². The molecular weight excluding hydrogens is 350 g/mol. The normalized spacial score (nSPS) is 10.3. The molecule has 3 nitrogen and oxygen atoms in total. The molecule has 6 heteroatoms. The van der Waals surface area contributed by atoms with Gasteiger partial charge < -0.3 is 10.1 Å². The van der Waals surface area contributed by atoms with Gasteiger partial charge in [-0.2, -0.15) is 0 Å². The molecule has 1 aromatic heterocycles. The second-order valence-electron chi connectivity index (χ2n) is 3.86. The number of carbonyl (C=O) groups excluding carboxylic acids is 1. The highest BCUT2D eigenvalue weighted by atomic mass is 79.9. The second kappa shape index (κ2) is 5.94. The van der Waals surface area contributed by atoms with E-state index in [2.05, 4.69) is 21.2 Å². The zero-order valence-electron chi connectivity index (χ0n) is 10.3. The molecule has 0 bridgehead atoms. The topological polar surface area (TPSA) is 38.3 Å². The number of carbonyl (C=O) groups is 1. The largest absolute Gasteiger partial charge is 0.495 e. The van der Waals surface area contributed by atoms with E-state index in [9.17, 15) is 4.79 Å². The molecule has 2 aromatic rings. The number of hydrogen-bond acceptors (Lipinski definition) is 3. The van der Waals surface area contributed by atoms with Gasteiger partial charge in [-0.05, 0) is 36.1 Å². The summed E-state index contributed by atoms with van der Waals surface area (Å²) in [7, 11) is 1.56. The molecule has 19 heavy (non-hydrogen) atoms. The van der Waals surface area contributed by atoms with Crippen molar-refractivity contribution in [3.8, 4) is 5.75 Å². The Morgan fingerprint density at radius 2 is 2.21 bits per heavy atom. The molecule has 0 fully saturated rings. The molecule has 1 aromatic carbocycles. The van der Waals surface area contributed by atoms with Gasteiger partial charge in [-0.1, -0.05) is 27.5 Å². The minimum atomic E-state index is -0.237. The van der Waals surface area contributed by atoms with Crippen molar-refractivity contribution in [3.05, 3.63) is 43.5 Å². The third-order valence-corrected chi connectivity index (χ3v) is 4.70. The fourth-order valence-corrected chi connectivity index (χ4v) is 3.07. The van der Waals surface area contributed by atoms with Crippen LogP contribution in [0.25, 0.3) is 0 Å². The van der Waals surface area contributed by atoms with Crippen molar-refractivity contribution in [1.82, 2.24) is 0 Å². The van der Waals surface area contributed by atoms with Gasteiger partial charge in [0.2, 0.25) is 0 Å². The van der Waals surface area contributed by atoms with Gasteiger partial charge in [0.15, 0.2) is 0 Å². The zero-order chi connectivity index (χ0) is 14.0. The Balaban J connectivity index is 2.28. The number of ether oxygens (including phenoxy) is 1. The Labute approximate surface area is 128 Å². The molecule has 0 saturated carbocycles. The molecule has 2 rings (SSSR count). The highest BCUT2D eigenvalue weighted by Crippen LogP contribution is 2.31. The number of methoxy groups -OCH3 is 1. The van der Waals surface area contributed by atoms with Crippen LogP contribution in [-0.4, -0.2) is 13.0 Å². The standard InChI is InChI=1S/C13H11BrClNO2S/c1-7-6-19-12(11(7)15)13(17)16-9-5-8(14)3-4-10(9)18-2/h3-6H,1-2H3,(H,16,17). The molecule has 0 radical (unpaired) electrons. The number of thiophene rings is 1. The predicted molar refractivity (Wildman–Crippen MR) is 82.7 cm³/mol. The van der Waals surface area contributed by atoms with Crippen molar-refractivity contribution in [2.45, 2.75) is 6.92 Å². The Morgan fingerprint density at radius 3 is 2.79 bits per heavy atom. The quantitative estimate of drug-likeness (QED) is 0.859. The van der Waals surface area contributed by atoms with Crippen LogP contribution in [0.3, 0.4) is 0 Å². The van der Waals surface area contributed by atoms with Crippen LogP contribution in [0.1, 0.15) is 15.2 Å². The van der Waals surface area contributed by atoms with Gasteiger partial charge >= 0.3 is 0 Å². The van der Waals surface area contributed by atoms with Crippen LogP contribution in [0.15, 0.2) is 28.1 Å². The van der Waals surface area contributed by atoms with Crippen LogP contribution in [0, 0.1) is 6.92 Å². The summed E-state index contributed by atoms with van der Waals surface area (Å²) in [4.78, 5) is 12.7. The molecule has 0 atom stereocenters. The van der Waals surface area contributed by atoms with Gasteiger partial charge in [-0.15, -0.1) is 11.3 Å². The number of anilines is 1. The fourth-order valence-electron chi connectivity index (χ4n) is 1.54. The summed E-state index contributed by atoms with van der Waals surface area (Å²) in [6.07, 6.45) is 0. The minimum absolute atomic E-state index is 0.237. The summed E-state index contributed by atoms with van der Waals surface area (Å²) in [6.45, 7) is 1.87. The Kier molecular flexibility index (Phi) is 4.50. The van der Waals surface area contributed by atoms with Gasteiger partial charge in [0, 0.05) is 4.47 Å². The number of nitrogens with one attached hydrogen (secondary N) is 1. The SMILES string of the molecule is COc1ccc(Br)cc1NC(=O)c1scc(C)c1Cl. The highest BCUT2D eigenvalue weighted by molar-refractivity contribution is 9.10. The van der Waals surface area contributed by atoms with Crippen LogP contribution in [0.2, 0.25) is 5.02 Å². The number of hydrogen-bond donors (Lipinski definition) is 1. The van der Waals surface area contributed by atoms with Crippen LogP contribution in [0.4, 0.5) is 5.69 Å². The van der Waals surface area contributed by atoms with E-state index in [1.54, 1.807) is 19.2 Å².